The summed E-state index contributed by atoms with van der Waals surface area (Å²) < 4.78 is 5.35. The van der Waals surface area contributed by atoms with Gasteiger partial charge in [-0.1, -0.05) is 0 Å². The van der Waals surface area contributed by atoms with Gasteiger partial charge in [0.25, 0.3) is 0 Å². The first kappa shape index (κ1) is 12.0. The highest BCUT2D eigenvalue weighted by Gasteiger charge is 2.23. The highest BCUT2D eigenvalue weighted by molar-refractivity contribution is 4.76. The summed E-state index contributed by atoms with van der Waals surface area (Å²) in [5.74, 6) is 0.887. The molecule has 1 atom stereocenters. The van der Waals surface area contributed by atoms with Crippen LogP contribution in [0.2, 0.25) is 0 Å². The molecule has 0 aromatic rings. The van der Waals surface area contributed by atoms with Crippen molar-refractivity contribution in [3.63, 3.8) is 0 Å². The molecule has 0 bridgehead atoms. The zero-order chi connectivity index (χ0) is 10.6. The van der Waals surface area contributed by atoms with Crippen molar-refractivity contribution >= 4 is 0 Å². The molecule has 0 aliphatic heterocycles. The average Bonchev–Trinajstić information content (AvgIpc) is 2.84. The van der Waals surface area contributed by atoms with E-state index in [4.69, 9.17) is 4.74 Å². The van der Waals surface area contributed by atoms with Gasteiger partial charge in [0, 0.05) is 13.1 Å². The van der Waals surface area contributed by atoms with Crippen molar-refractivity contribution in [3.8, 4) is 0 Å². The summed E-state index contributed by atoms with van der Waals surface area (Å²) in [7, 11) is 2.07. The van der Waals surface area contributed by atoms with Crippen LogP contribution in [0, 0.1) is 5.92 Å². The third-order valence-electron chi connectivity index (χ3n) is 2.41. The summed E-state index contributed by atoms with van der Waals surface area (Å²) in [6, 6.07) is 0. The quantitative estimate of drug-likeness (QED) is 0.670. The second-order valence-electron chi connectivity index (χ2n) is 4.70. The van der Waals surface area contributed by atoms with Crippen LogP contribution < -0.4 is 0 Å². The Morgan fingerprint density at radius 3 is 2.57 bits per heavy atom. The van der Waals surface area contributed by atoms with Crippen LogP contribution in [-0.2, 0) is 4.74 Å². The van der Waals surface area contributed by atoms with Crippen molar-refractivity contribution in [2.75, 3.05) is 26.7 Å². The van der Waals surface area contributed by atoms with Crippen molar-refractivity contribution in [1.29, 1.82) is 0 Å². The summed E-state index contributed by atoms with van der Waals surface area (Å²) in [4.78, 5) is 2.20. The van der Waals surface area contributed by atoms with E-state index in [1.807, 2.05) is 13.8 Å². The van der Waals surface area contributed by atoms with Crippen LogP contribution in [0.5, 0.6) is 0 Å². The third-order valence-corrected chi connectivity index (χ3v) is 2.41. The van der Waals surface area contributed by atoms with Gasteiger partial charge in [-0.05, 0) is 39.7 Å². The highest BCUT2D eigenvalue weighted by atomic mass is 16.5. The molecule has 0 heterocycles. The van der Waals surface area contributed by atoms with Crippen LogP contribution in [0.15, 0.2) is 0 Å². The van der Waals surface area contributed by atoms with E-state index in [0.717, 1.165) is 19.0 Å². The van der Waals surface area contributed by atoms with Gasteiger partial charge in [-0.3, -0.25) is 0 Å². The molecule has 0 aromatic heterocycles. The molecule has 14 heavy (non-hydrogen) atoms. The number of aliphatic hydroxyl groups is 1. The van der Waals surface area contributed by atoms with Gasteiger partial charge in [0.2, 0.25) is 0 Å². The number of ether oxygens (including phenoxy) is 1. The fraction of sp³-hybridized carbons (Fsp3) is 1.00. The van der Waals surface area contributed by atoms with Crippen LogP contribution in [0.25, 0.3) is 0 Å². The predicted octanol–water partition coefficient (Wildman–Crippen LogP) is 1.11. The first-order chi connectivity index (χ1) is 6.58. The number of rotatable bonds is 7. The molecule has 1 fully saturated rings. The minimum Gasteiger partial charge on any atom is -0.389 e. The first-order valence-electron chi connectivity index (χ1n) is 5.56. The molecule has 0 aromatic carbocycles. The minimum absolute atomic E-state index is 0.207. The molecule has 0 spiro atoms. The van der Waals surface area contributed by atoms with Gasteiger partial charge in [0.15, 0.2) is 0 Å². The molecule has 0 radical (unpaired) electrons. The number of likely N-dealkylation sites (N-methyl/N-ethyl adjacent to an activating group) is 1. The summed E-state index contributed by atoms with van der Waals surface area (Å²) in [5.41, 5.74) is 0. The predicted molar refractivity (Wildman–Crippen MR) is 57.3 cm³/mol. The van der Waals surface area contributed by atoms with Gasteiger partial charge >= 0.3 is 0 Å². The maximum atomic E-state index is 9.64. The van der Waals surface area contributed by atoms with E-state index in [-0.39, 0.29) is 12.2 Å². The van der Waals surface area contributed by atoms with Gasteiger partial charge in [0.1, 0.15) is 0 Å². The van der Waals surface area contributed by atoms with Gasteiger partial charge in [-0.15, -0.1) is 0 Å². The molecule has 84 valence electrons. The van der Waals surface area contributed by atoms with Crippen molar-refractivity contribution in [2.45, 2.75) is 38.9 Å². The van der Waals surface area contributed by atoms with Crippen LogP contribution in [0.1, 0.15) is 26.7 Å². The maximum Gasteiger partial charge on any atom is 0.0900 e. The minimum atomic E-state index is -0.346. The van der Waals surface area contributed by atoms with Gasteiger partial charge < -0.3 is 14.7 Å². The van der Waals surface area contributed by atoms with Crippen LogP contribution in [0.3, 0.4) is 0 Å². The molecular formula is C11H23NO2. The fourth-order valence-electron chi connectivity index (χ4n) is 1.53. The second kappa shape index (κ2) is 5.69. The fourth-order valence-corrected chi connectivity index (χ4v) is 1.53. The Bertz CT molecular complexity index is 157. The molecule has 3 nitrogen and oxygen atoms in total. The Hall–Kier alpha value is -0.120. The Labute approximate surface area is 87.1 Å². The van der Waals surface area contributed by atoms with Crippen molar-refractivity contribution in [1.82, 2.24) is 4.90 Å². The standard InChI is InChI=1S/C11H23NO2/c1-9(2)14-8-11(13)7-12(3)6-10-4-5-10/h9-11,13H,4-8H2,1-3H3. The lowest BCUT2D eigenvalue weighted by Crippen LogP contribution is -2.34. The molecule has 1 N–H and O–H groups in total. The lowest BCUT2D eigenvalue weighted by molar-refractivity contribution is -0.00593. The van der Waals surface area contributed by atoms with E-state index in [1.54, 1.807) is 0 Å². The smallest absolute Gasteiger partial charge is 0.0900 e. The van der Waals surface area contributed by atoms with E-state index < -0.39 is 0 Å². The molecule has 1 aliphatic rings. The Morgan fingerprint density at radius 2 is 2.07 bits per heavy atom. The Kier molecular flexibility index (Phi) is 4.85. The largest absolute Gasteiger partial charge is 0.389 e. The van der Waals surface area contributed by atoms with Crippen LogP contribution in [0.4, 0.5) is 0 Å². The zero-order valence-electron chi connectivity index (χ0n) is 9.57. The molecule has 1 rings (SSSR count). The van der Waals surface area contributed by atoms with E-state index >= 15 is 0 Å². The number of aliphatic hydroxyl groups excluding tert-OH is 1. The molecule has 0 amide bonds. The van der Waals surface area contributed by atoms with Crippen molar-refractivity contribution < 1.29 is 9.84 Å². The van der Waals surface area contributed by atoms with Crippen molar-refractivity contribution in [2.24, 2.45) is 5.92 Å². The number of nitrogens with zero attached hydrogens (tertiary/aromatic N) is 1. The summed E-state index contributed by atoms with van der Waals surface area (Å²) in [6.45, 7) is 6.27. The van der Waals surface area contributed by atoms with Crippen LogP contribution >= 0.6 is 0 Å². The maximum absolute atomic E-state index is 9.64. The third kappa shape index (κ3) is 5.58. The summed E-state index contributed by atoms with van der Waals surface area (Å²) >= 11 is 0. The second-order valence-corrected chi connectivity index (χ2v) is 4.70. The molecule has 1 unspecified atom stereocenters. The van der Waals surface area contributed by atoms with E-state index in [2.05, 4.69) is 11.9 Å². The Morgan fingerprint density at radius 1 is 1.43 bits per heavy atom. The van der Waals surface area contributed by atoms with Gasteiger partial charge in [-0.2, -0.15) is 0 Å². The Balaban J connectivity index is 2.02. The van der Waals surface area contributed by atoms with Crippen LogP contribution in [-0.4, -0.2) is 49.0 Å². The van der Waals surface area contributed by atoms with E-state index in [0.29, 0.717) is 6.61 Å². The molecule has 1 saturated carbocycles. The summed E-state index contributed by atoms with van der Waals surface area (Å²) in [6.07, 6.45) is 2.59. The molecule has 0 saturated heterocycles. The van der Waals surface area contributed by atoms with Gasteiger partial charge in [0.05, 0.1) is 18.8 Å². The zero-order valence-corrected chi connectivity index (χ0v) is 9.57. The molecular weight excluding hydrogens is 178 g/mol. The number of hydrogen-bond donors (Lipinski definition) is 1. The summed E-state index contributed by atoms with van der Waals surface area (Å²) in [5, 5.41) is 9.64. The SMILES string of the molecule is CC(C)OCC(O)CN(C)CC1CC1. The average molecular weight is 201 g/mol. The lowest BCUT2D eigenvalue weighted by atomic mass is 10.3. The topological polar surface area (TPSA) is 32.7 Å². The molecule has 3 heteroatoms. The normalized spacial score (nSPS) is 19.3. The highest BCUT2D eigenvalue weighted by Crippen LogP contribution is 2.29. The first-order valence-corrected chi connectivity index (χ1v) is 5.56. The monoisotopic (exact) mass is 201 g/mol. The van der Waals surface area contributed by atoms with Crippen molar-refractivity contribution in [3.05, 3.63) is 0 Å². The molecule has 1 aliphatic carbocycles. The van der Waals surface area contributed by atoms with E-state index in [1.165, 1.54) is 12.8 Å². The van der Waals surface area contributed by atoms with E-state index in [9.17, 15) is 5.11 Å². The lowest BCUT2D eigenvalue weighted by Gasteiger charge is -2.21. The van der Waals surface area contributed by atoms with Gasteiger partial charge in [-0.25, -0.2) is 0 Å². The number of hydrogen-bond acceptors (Lipinski definition) is 3.